The highest BCUT2D eigenvalue weighted by Crippen LogP contribution is 2.19. The summed E-state index contributed by atoms with van der Waals surface area (Å²) in [5.41, 5.74) is -0.634. The molecule has 112 valence electrons. The fraction of sp³-hybridized carbons (Fsp3) is 0.929. The van der Waals surface area contributed by atoms with Gasteiger partial charge in [0.15, 0.2) is 0 Å². The van der Waals surface area contributed by atoms with E-state index in [1.54, 1.807) is 7.11 Å². The van der Waals surface area contributed by atoms with E-state index in [1.165, 1.54) is 6.42 Å². The second kappa shape index (κ2) is 7.82. The number of piperidine rings is 1. The topological polar surface area (TPSA) is 50.8 Å². The summed E-state index contributed by atoms with van der Waals surface area (Å²) in [6.45, 7) is 7.67. The van der Waals surface area contributed by atoms with Crippen molar-refractivity contribution in [3.05, 3.63) is 0 Å². The molecule has 5 nitrogen and oxygen atoms in total. The van der Waals surface area contributed by atoms with Crippen LogP contribution in [-0.2, 0) is 14.3 Å². The van der Waals surface area contributed by atoms with Gasteiger partial charge in [-0.05, 0) is 46.2 Å². The van der Waals surface area contributed by atoms with Crippen LogP contribution in [0.4, 0.5) is 0 Å². The molecule has 1 fully saturated rings. The van der Waals surface area contributed by atoms with Crippen molar-refractivity contribution in [3.8, 4) is 0 Å². The van der Waals surface area contributed by atoms with E-state index in [1.807, 2.05) is 20.9 Å². The van der Waals surface area contributed by atoms with Crippen LogP contribution in [-0.4, -0.2) is 63.4 Å². The number of likely N-dealkylation sites (tertiary alicyclic amines) is 1. The molecule has 0 aromatic rings. The molecule has 0 aromatic heterocycles. The van der Waals surface area contributed by atoms with Crippen LogP contribution in [0.2, 0.25) is 0 Å². The molecule has 1 heterocycles. The van der Waals surface area contributed by atoms with Crippen LogP contribution in [0, 0.1) is 5.92 Å². The van der Waals surface area contributed by atoms with E-state index in [2.05, 4.69) is 10.2 Å². The lowest BCUT2D eigenvalue weighted by Gasteiger charge is -2.38. The van der Waals surface area contributed by atoms with Gasteiger partial charge >= 0.3 is 5.97 Å². The first-order valence-electron chi connectivity index (χ1n) is 7.13. The quantitative estimate of drug-likeness (QED) is 0.697. The summed E-state index contributed by atoms with van der Waals surface area (Å²) in [6.07, 6.45) is 2.37. The second-order valence-electron chi connectivity index (χ2n) is 5.50. The van der Waals surface area contributed by atoms with Gasteiger partial charge in [0.25, 0.3) is 0 Å². The largest absolute Gasteiger partial charge is 0.465 e. The molecule has 0 spiro atoms. The Bertz CT molecular complexity index is 284. The van der Waals surface area contributed by atoms with Crippen molar-refractivity contribution < 1.29 is 14.3 Å². The molecule has 1 saturated heterocycles. The molecule has 0 bridgehead atoms. The Labute approximate surface area is 116 Å². The van der Waals surface area contributed by atoms with Crippen molar-refractivity contribution in [3.63, 3.8) is 0 Å². The van der Waals surface area contributed by atoms with Crippen LogP contribution in [0.3, 0.4) is 0 Å². The molecule has 0 amide bonds. The highest BCUT2D eigenvalue weighted by Gasteiger charge is 2.36. The maximum Gasteiger partial charge on any atom is 0.327 e. The Morgan fingerprint density at radius 1 is 1.53 bits per heavy atom. The van der Waals surface area contributed by atoms with Crippen LogP contribution >= 0.6 is 0 Å². The maximum absolute atomic E-state index is 12.0. The molecule has 0 radical (unpaired) electrons. The summed E-state index contributed by atoms with van der Waals surface area (Å²) in [4.78, 5) is 14.4. The Morgan fingerprint density at radius 3 is 2.84 bits per heavy atom. The molecule has 2 unspecified atom stereocenters. The minimum Gasteiger partial charge on any atom is -0.465 e. The number of likely N-dealkylation sites (N-methyl/N-ethyl adjacent to an activating group) is 1. The first-order chi connectivity index (χ1) is 9.05. The zero-order valence-corrected chi connectivity index (χ0v) is 12.7. The summed E-state index contributed by atoms with van der Waals surface area (Å²) in [7, 11) is 3.56. The van der Waals surface area contributed by atoms with Gasteiger partial charge < -0.3 is 19.7 Å². The van der Waals surface area contributed by atoms with Crippen LogP contribution in [0.5, 0.6) is 0 Å². The first kappa shape index (κ1) is 16.4. The van der Waals surface area contributed by atoms with E-state index < -0.39 is 5.54 Å². The number of hydrogen-bond donors (Lipinski definition) is 1. The van der Waals surface area contributed by atoms with E-state index in [4.69, 9.17) is 9.47 Å². The Hall–Kier alpha value is -0.650. The molecule has 5 heteroatoms. The third-order valence-electron chi connectivity index (χ3n) is 3.82. The van der Waals surface area contributed by atoms with Crippen LogP contribution in [0.25, 0.3) is 0 Å². The number of hydrogen-bond acceptors (Lipinski definition) is 5. The number of methoxy groups -OCH3 is 1. The lowest BCUT2D eigenvalue weighted by molar-refractivity contribution is -0.151. The number of carbonyl (C=O) groups excluding carboxylic acids is 1. The zero-order valence-electron chi connectivity index (χ0n) is 12.7. The molecule has 1 rings (SSSR count). The number of nitrogens with zero attached hydrogens (tertiary/aromatic N) is 1. The van der Waals surface area contributed by atoms with Crippen molar-refractivity contribution in [1.82, 2.24) is 10.2 Å². The lowest BCUT2D eigenvalue weighted by atomic mass is 9.95. The Morgan fingerprint density at radius 2 is 2.26 bits per heavy atom. The molecule has 1 aliphatic heterocycles. The second-order valence-corrected chi connectivity index (χ2v) is 5.50. The van der Waals surface area contributed by atoms with E-state index >= 15 is 0 Å². The van der Waals surface area contributed by atoms with E-state index in [0.717, 1.165) is 26.1 Å². The summed E-state index contributed by atoms with van der Waals surface area (Å²) in [5, 5.41) is 3.11. The first-order valence-corrected chi connectivity index (χ1v) is 7.13. The molecule has 1 N–H and O–H groups in total. The molecule has 0 aliphatic carbocycles. The van der Waals surface area contributed by atoms with E-state index in [9.17, 15) is 4.79 Å². The van der Waals surface area contributed by atoms with Crippen LogP contribution < -0.4 is 5.32 Å². The van der Waals surface area contributed by atoms with Crippen molar-refractivity contribution in [2.75, 3.05) is 47.0 Å². The van der Waals surface area contributed by atoms with Gasteiger partial charge in [-0.25, -0.2) is 0 Å². The van der Waals surface area contributed by atoms with Gasteiger partial charge in [0, 0.05) is 20.2 Å². The molecule has 0 aromatic carbocycles. The van der Waals surface area contributed by atoms with Crippen molar-refractivity contribution in [1.29, 1.82) is 0 Å². The van der Waals surface area contributed by atoms with Gasteiger partial charge in [0.2, 0.25) is 0 Å². The average Bonchev–Trinajstić information content (AvgIpc) is 2.39. The minimum atomic E-state index is -0.634. The zero-order chi connectivity index (χ0) is 14.3. The third-order valence-corrected chi connectivity index (χ3v) is 3.82. The highest BCUT2D eigenvalue weighted by molar-refractivity contribution is 5.80. The number of rotatable bonds is 7. The average molecular weight is 272 g/mol. The number of esters is 1. The summed E-state index contributed by atoms with van der Waals surface area (Å²) < 4.78 is 10.4. The van der Waals surface area contributed by atoms with Crippen molar-refractivity contribution in [2.24, 2.45) is 5.92 Å². The number of nitrogens with one attached hydrogen (secondary N) is 1. The van der Waals surface area contributed by atoms with E-state index in [0.29, 0.717) is 19.1 Å². The van der Waals surface area contributed by atoms with E-state index in [-0.39, 0.29) is 5.97 Å². The number of carbonyl (C=O) groups is 1. The smallest absolute Gasteiger partial charge is 0.327 e. The van der Waals surface area contributed by atoms with Crippen LogP contribution in [0.1, 0.15) is 26.7 Å². The van der Waals surface area contributed by atoms with Gasteiger partial charge in [0.05, 0.1) is 13.2 Å². The van der Waals surface area contributed by atoms with Gasteiger partial charge in [-0.2, -0.15) is 0 Å². The minimum absolute atomic E-state index is 0.175. The summed E-state index contributed by atoms with van der Waals surface area (Å²) in [5.74, 6) is 0.397. The van der Waals surface area contributed by atoms with Gasteiger partial charge in [-0.15, -0.1) is 0 Å². The summed E-state index contributed by atoms with van der Waals surface area (Å²) >= 11 is 0. The monoisotopic (exact) mass is 272 g/mol. The number of ether oxygens (including phenoxy) is 2. The van der Waals surface area contributed by atoms with Gasteiger partial charge in [-0.3, -0.25) is 4.79 Å². The summed E-state index contributed by atoms with van der Waals surface area (Å²) in [6, 6.07) is 0. The molecule has 19 heavy (non-hydrogen) atoms. The Kier molecular flexibility index (Phi) is 6.75. The standard InChI is InChI=1S/C14H28N2O3/c1-5-19-13(17)14(2,15-3)11-16-8-6-7-12(9-16)10-18-4/h12,15H,5-11H2,1-4H3. The maximum atomic E-state index is 12.0. The predicted molar refractivity (Wildman–Crippen MR) is 75.1 cm³/mol. The predicted octanol–water partition coefficient (Wildman–Crippen LogP) is 0.886. The fourth-order valence-corrected chi connectivity index (χ4v) is 2.65. The third kappa shape index (κ3) is 4.75. The molecule has 1 aliphatic rings. The van der Waals surface area contributed by atoms with Gasteiger partial charge in [0.1, 0.15) is 5.54 Å². The molecular weight excluding hydrogens is 244 g/mol. The fourth-order valence-electron chi connectivity index (χ4n) is 2.65. The molecule has 0 saturated carbocycles. The lowest BCUT2D eigenvalue weighted by Crippen LogP contribution is -2.57. The normalized spacial score (nSPS) is 23.9. The van der Waals surface area contributed by atoms with Crippen LogP contribution in [0.15, 0.2) is 0 Å². The Balaban J connectivity index is 2.56. The van der Waals surface area contributed by atoms with Crippen molar-refractivity contribution in [2.45, 2.75) is 32.2 Å². The highest BCUT2D eigenvalue weighted by atomic mass is 16.5. The van der Waals surface area contributed by atoms with Gasteiger partial charge in [-0.1, -0.05) is 0 Å². The molecule has 2 atom stereocenters. The van der Waals surface area contributed by atoms with Crippen molar-refractivity contribution >= 4 is 5.97 Å². The molecular formula is C14H28N2O3. The SMILES string of the molecule is CCOC(=O)C(C)(CN1CCCC(COC)C1)NC.